The highest BCUT2D eigenvalue weighted by Crippen LogP contribution is 2.64. The molecule has 1 saturated heterocycles. The molecule has 4 aliphatic carbocycles. The lowest BCUT2D eigenvalue weighted by atomic mass is 9.51. The van der Waals surface area contributed by atoms with Gasteiger partial charge in [0.2, 0.25) is 5.91 Å². The smallest absolute Gasteiger partial charge is 0.308 e. The van der Waals surface area contributed by atoms with Crippen molar-refractivity contribution in [2.75, 3.05) is 19.6 Å². The summed E-state index contributed by atoms with van der Waals surface area (Å²) >= 11 is 0. The number of esters is 1. The minimum absolute atomic E-state index is 0.0238. The van der Waals surface area contributed by atoms with E-state index in [4.69, 9.17) is 9.47 Å². The van der Waals surface area contributed by atoms with E-state index >= 15 is 0 Å². The standard InChI is InChI=1S/C47H58N2O5/c1-31(50)53-42-24-21-35-27-40-38-22-23-39(46-47(38,44(35)45(42)54-46)25-26-48(40)29-36-28-41(36)51)49(43(52)20-12-11-15-32-13-5-2-6-14-32)30-37(33-16-7-3-8-17-33)34-18-9-4-10-19-34/h3-4,7-10,16-19,21,24,32,36-41,46,51H,2,5-6,11-15,20,22-23,25-30H2,1H3/t36?,38-,39-,40+,41?,46-,47-/m0/s1. The van der Waals surface area contributed by atoms with Crippen LogP contribution in [0.4, 0.5) is 0 Å². The molecule has 3 aromatic carbocycles. The van der Waals surface area contributed by atoms with E-state index < -0.39 is 0 Å². The monoisotopic (exact) mass is 730 g/mol. The Bertz CT molecular complexity index is 1770. The predicted molar refractivity (Wildman–Crippen MR) is 210 cm³/mol. The molecule has 2 bridgehead atoms. The van der Waals surface area contributed by atoms with Gasteiger partial charge in [0.25, 0.3) is 0 Å². The second kappa shape index (κ2) is 15.1. The third-order valence-corrected chi connectivity index (χ3v) is 14.5. The first-order valence-electron chi connectivity index (χ1n) is 21.2. The van der Waals surface area contributed by atoms with E-state index in [-0.39, 0.29) is 41.5 Å². The first-order chi connectivity index (χ1) is 26.4. The highest BCUT2D eigenvalue weighted by atomic mass is 16.6. The maximum atomic E-state index is 15.0. The molecule has 2 aliphatic heterocycles. The van der Waals surface area contributed by atoms with E-state index in [9.17, 15) is 14.7 Å². The third-order valence-electron chi connectivity index (χ3n) is 14.5. The molecule has 3 aromatic rings. The van der Waals surface area contributed by atoms with Gasteiger partial charge in [0.1, 0.15) is 6.10 Å². The van der Waals surface area contributed by atoms with E-state index in [1.165, 1.54) is 67.7 Å². The maximum absolute atomic E-state index is 15.0. The van der Waals surface area contributed by atoms with Crippen molar-refractivity contribution in [2.45, 2.75) is 132 Å². The number of ether oxygens (including phenoxy) is 2. The van der Waals surface area contributed by atoms with Crippen molar-refractivity contribution in [1.29, 1.82) is 0 Å². The molecule has 3 saturated carbocycles. The Labute approximate surface area is 321 Å². The van der Waals surface area contributed by atoms with Crippen LogP contribution in [0, 0.1) is 17.8 Å². The van der Waals surface area contributed by atoms with Crippen molar-refractivity contribution in [3.63, 3.8) is 0 Å². The van der Waals surface area contributed by atoms with Gasteiger partial charge in [0.15, 0.2) is 11.5 Å². The molecular weight excluding hydrogens is 673 g/mol. The molecule has 0 aromatic heterocycles. The molecule has 4 fully saturated rings. The first kappa shape index (κ1) is 36.0. The zero-order chi connectivity index (χ0) is 36.8. The van der Waals surface area contributed by atoms with Crippen molar-refractivity contribution in [3.05, 3.63) is 95.1 Å². The number of carbonyl (C=O) groups excluding carboxylic acids is 2. The molecule has 6 aliphatic rings. The Morgan fingerprint density at radius 3 is 2.35 bits per heavy atom. The number of nitrogens with zero attached hydrogens (tertiary/aromatic N) is 2. The molecule has 1 amide bonds. The highest BCUT2D eigenvalue weighted by molar-refractivity contribution is 5.77. The summed E-state index contributed by atoms with van der Waals surface area (Å²) in [6.45, 7) is 3.94. The molecule has 1 spiro atoms. The van der Waals surface area contributed by atoms with Crippen molar-refractivity contribution >= 4 is 11.9 Å². The lowest BCUT2D eigenvalue weighted by Gasteiger charge is -2.60. The minimum Gasteiger partial charge on any atom is -0.483 e. The van der Waals surface area contributed by atoms with E-state index in [0.29, 0.717) is 36.6 Å². The summed E-state index contributed by atoms with van der Waals surface area (Å²) in [6.07, 6.45) is 14.9. The van der Waals surface area contributed by atoms with Gasteiger partial charge < -0.3 is 19.5 Å². The predicted octanol–water partition coefficient (Wildman–Crippen LogP) is 8.20. The summed E-state index contributed by atoms with van der Waals surface area (Å²) in [5, 5.41) is 10.3. The number of rotatable bonds is 13. The van der Waals surface area contributed by atoms with Crippen molar-refractivity contribution in [2.24, 2.45) is 17.8 Å². The minimum atomic E-state index is -0.347. The molecule has 2 unspecified atom stereocenters. The van der Waals surface area contributed by atoms with Crippen molar-refractivity contribution in [1.82, 2.24) is 9.80 Å². The number of piperidine rings is 1. The van der Waals surface area contributed by atoms with Gasteiger partial charge in [-0.25, -0.2) is 0 Å². The Kier molecular flexibility index (Phi) is 10.1. The fourth-order valence-electron chi connectivity index (χ4n) is 11.8. The number of aliphatic hydroxyl groups is 1. The van der Waals surface area contributed by atoms with Crippen LogP contribution in [0.15, 0.2) is 72.8 Å². The van der Waals surface area contributed by atoms with Gasteiger partial charge in [-0.05, 0) is 79.7 Å². The second-order valence-electron chi connectivity index (χ2n) is 17.6. The summed E-state index contributed by atoms with van der Waals surface area (Å²) in [5.74, 6) is 2.72. The molecule has 54 heavy (non-hydrogen) atoms. The van der Waals surface area contributed by atoms with Crippen molar-refractivity contribution < 1.29 is 24.2 Å². The van der Waals surface area contributed by atoms with E-state index in [1.807, 2.05) is 6.07 Å². The lowest BCUT2D eigenvalue weighted by Crippen LogP contribution is -2.69. The van der Waals surface area contributed by atoms with Crippen LogP contribution in [0.5, 0.6) is 11.5 Å². The number of likely N-dealkylation sites (tertiary alicyclic amines) is 1. The molecular formula is C47H58N2O5. The highest BCUT2D eigenvalue weighted by Gasteiger charge is 2.67. The summed E-state index contributed by atoms with van der Waals surface area (Å²) in [7, 11) is 0. The maximum Gasteiger partial charge on any atom is 0.308 e. The van der Waals surface area contributed by atoms with Crippen LogP contribution < -0.4 is 9.47 Å². The molecule has 0 radical (unpaired) electrons. The van der Waals surface area contributed by atoms with E-state index in [1.54, 1.807) is 0 Å². The van der Waals surface area contributed by atoms with Crippen LogP contribution in [-0.2, 0) is 21.4 Å². The van der Waals surface area contributed by atoms with Crippen LogP contribution in [0.3, 0.4) is 0 Å². The van der Waals surface area contributed by atoms with Crippen LogP contribution in [-0.4, -0.2) is 70.7 Å². The van der Waals surface area contributed by atoms with E-state index in [0.717, 1.165) is 69.7 Å². The van der Waals surface area contributed by atoms with Gasteiger partial charge in [0.05, 0.1) is 12.1 Å². The Balaban J connectivity index is 1.07. The van der Waals surface area contributed by atoms with Crippen LogP contribution in [0.25, 0.3) is 0 Å². The fraction of sp³-hybridized carbons (Fsp3) is 0.574. The largest absolute Gasteiger partial charge is 0.483 e. The topological polar surface area (TPSA) is 79.3 Å². The third kappa shape index (κ3) is 6.67. The zero-order valence-electron chi connectivity index (χ0n) is 32.0. The van der Waals surface area contributed by atoms with Crippen LogP contribution in [0.2, 0.25) is 0 Å². The Morgan fingerprint density at radius 2 is 1.67 bits per heavy atom. The SMILES string of the molecule is CC(=O)Oc1ccc2c3c1O[C@H]1[C@@H](N(CC(c4ccccc4)c4ccccc4)C(=O)CCCCC4CCCCC4)CC[C@H]4[C@@H](C2)N(CC2CC2O)CC[C@@]341. The molecule has 2 heterocycles. The normalized spacial score (nSPS) is 29.7. The van der Waals surface area contributed by atoms with Gasteiger partial charge >= 0.3 is 5.97 Å². The number of aliphatic hydroxyl groups excluding tert-OH is 1. The van der Waals surface area contributed by atoms with Gasteiger partial charge in [-0.15, -0.1) is 0 Å². The quantitative estimate of drug-likeness (QED) is 0.109. The summed E-state index contributed by atoms with van der Waals surface area (Å²) < 4.78 is 13.1. The first-order valence-corrected chi connectivity index (χ1v) is 21.2. The fourth-order valence-corrected chi connectivity index (χ4v) is 11.8. The van der Waals surface area contributed by atoms with Gasteiger partial charge in [-0.3, -0.25) is 14.5 Å². The van der Waals surface area contributed by atoms with Crippen LogP contribution in [0.1, 0.15) is 119 Å². The molecule has 286 valence electrons. The number of carbonyl (C=O) groups is 2. The number of amides is 1. The van der Waals surface area contributed by atoms with Crippen molar-refractivity contribution in [3.8, 4) is 11.5 Å². The Morgan fingerprint density at radius 1 is 0.944 bits per heavy atom. The lowest BCUT2D eigenvalue weighted by molar-refractivity contribution is -0.143. The number of hydrogen-bond donors (Lipinski definition) is 1. The number of hydrogen-bond acceptors (Lipinski definition) is 6. The summed E-state index contributed by atoms with van der Waals surface area (Å²) in [6, 6.07) is 25.8. The van der Waals surface area contributed by atoms with Crippen LogP contribution >= 0.6 is 0 Å². The molecule has 7 nitrogen and oxygen atoms in total. The summed E-state index contributed by atoms with van der Waals surface area (Å²) in [5.41, 5.74) is 4.70. The number of benzene rings is 3. The second-order valence-corrected chi connectivity index (χ2v) is 17.6. The van der Waals surface area contributed by atoms with Gasteiger partial charge in [-0.1, -0.05) is 112 Å². The molecule has 7 heteroatoms. The van der Waals surface area contributed by atoms with Gasteiger partial charge in [0, 0.05) is 55.3 Å². The average Bonchev–Trinajstić information content (AvgIpc) is 3.78. The van der Waals surface area contributed by atoms with E-state index in [2.05, 4.69) is 76.5 Å². The molecule has 1 N–H and O–H groups in total. The Hall–Kier alpha value is -3.68. The zero-order valence-corrected chi connectivity index (χ0v) is 32.0. The molecule has 7 atom stereocenters. The summed E-state index contributed by atoms with van der Waals surface area (Å²) in [4.78, 5) is 32.3. The molecule has 9 rings (SSSR count). The average molecular weight is 731 g/mol. The van der Waals surface area contributed by atoms with Gasteiger partial charge in [-0.2, -0.15) is 0 Å². The number of unbranched alkanes of at least 4 members (excludes halogenated alkanes) is 1.